The van der Waals surface area contributed by atoms with Crippen LogP contribution >= 0.6 is 0 Å². The second-order valence-corrected chi connectivity index (χ2v) is 3.68. The van der Waals surface area contributed by atoms with Crippen molar-refractivity contribution >= 4 is 5.91 Å². The fourth-order valence-electron chi connectivity index (χ4n) is 1.53. The van der Waals surface area contributed by atoms with E-state index in [0.29, 0.717) is 19.5 Å². The Morgan fingerprint density at radius 2 is 2.47 bits per heavy atom. The molecule has 1 amide bonds. The normalized spacial score (nSPS) is 20.1. The molecule has 1 saturated heterocycles. The predicted molar refractivity (Wildman–Crippen MR) is 59.7 cm³/mol. The van der Waals surface area contributed by atoms with Gasteiger partial charge in [-0.25, -0.2) is 0 Å². The number of ether oxygens (including phenoxy) is 1. The Bertz CT molecular complexity index is 201. The van der Waals surface area contributed by atoms with Gasteiger partial charge in [-0.2, -0.15) is 0 Å². The van der Waals surface area contributed by atoms with Gasteiger partial charge >= 0.3 is 0 Å². The monoisotopic (exact) mass is 212 g/mol. The number of hydrogen-bond donors (Lipinski definition) is 2. The van der Waals surface area contributed by atoms with Crippen molar-refractivity contribution in [2.24, 2.45) is 0 Å². The highest BCUT2D eigenvalue weighted by Gasteiger charge is 2.15. The van der Waals surface area contributed by atoms with E-state index in [0.717, 1.165) is 26.0 Å². The third-order valence-corrected chi connectivity index (χ3v) is 2.37. The zero-order chi connectivity index (χ0) is 10.9. The number of hydrogen-bond acceptors (Lipinski definition) is 3. The van der Waals surface area contributed by atoms with E-state index in [2.05, 4.69) is 17.2 Å². The summed E-state index contributed by atoms with van der Waals surface area (Å²) in [5, 5.41) is 5.96. The van der Waals surface area contributed by atoms with Crippen LogP contribution in [0, 0.1) is 0 Å². The summed E-state index contributed by atoms with van der Waals surface area (Å²) in [5.41, 5.74) is 0. The van der Waals surface area contributed by atoms with Crippen molar-refractivity contribution in [1.29, 1.82) is 0 Å². The molecule has 0 aromatic heterocycles. The second-order valence-electron chi connectivity index (χ2n) is 3.68. The van der Waals surface area contributed by atoms with Crippen LogP contribution in [0.15, 0.2) is 12.7 Å². The Balaban J connectivity index is 1.95. The molecule has 1 atom stereocenters. The molecule has 1 rings (SSSR count). The molecule has 2 N–H and O–H groups in total. The highest BCUT2D eigenvalue weighted by atomic mass is 16.5. The Morgan fingerprint density at radius 1 is 1.60 bits per heavy atom. The van der Waals surface area contributed by atoms with Gasteiger partial charge in [-0.15, -0.1) is 6.58 Å². The average molecular weight is 212 g/mol. The minimum Gasteiger partial charge on any atom is -0.376 e. The van der Waals surface area contributed by atoms with Crippen molar-refractivity contribution in [3.8, 4) is 0 Å². The molecular weight excluding hydrogens is 192 g/mol. The summed E-state index contributed by atoms with van der Waals surface area (Å²) in [6.07, 6.45) is 4.71. The van der Waals surface area contributed by atoms with E-state index < -0.39 is 0 Å². The number of carbonyl (C=O) groups excluding carboxylic acids is 1. The SMILES string of the molecule is C=CCNCCC(=O)NCC1CCCO1. The highest BCUT2D eigenvalue weighted by molar-refractivity contribution is 5.76. The Kier molecular flexibility index (Phi) is 6.04. The van der Waals surface area contributed by atoms with Crippen molar-refractivity contribution in [1.82, 2.24) is 10.6 Å². The fraction of sp³-hybridized carbons (Fsp3) is 0.727. The molecule has 0 aromatic rings. The first kappa shape index (κ1) is 12.2. The first-order valence-corrected chi connectivity index (χ1v) is 5.53. The van der Waals surface area contributed by atoms with E-state index in [1.165, 1.54) is 0 Å². The summed E-state index contributed by atoms with van der Waals surface area (Å²) in [6, 6.07) is 0. The summed E-state index contributed by atoms with van der Waals surface area (Å²) in [5.74, 6) is 0.0852. The Morgan fingerprint density at radius 3 is 3.13 bits per heavy atom. The van der Waals surface area contributed by atoms with Gasteiger partial charge in [0.2, 0.25) is 5.91 Å². The predicted octanol–water partition coefficient (Wildman–Crippen LogP) is 0.447. The van der Waals surface area contributed by atoms with Crippen LogP contribution in [0.1, 0.15) is 19.3 Å². The van der Waals surface area contributed by atoms with Gasteiger partial charge in [0.25, 0.3) is 0 Å². The molecule has 0 aromatic carbocycles. The lowest BCUT2D eigenvalue weighted by molar-refractivity contribution is -0.121. The van der Waals surface area contributed by atoms with E-state index in [-0.39, 0.29) is 12.0 Å². The number of nitrogens with one attached hydrogen (secondary N) is 2. The Labute approximate surface area is 91.1 Å². The molecule has 1 unspecified atom stereocenters. The third-order valence-electron chi connectivity index (χ3n) is 2.37. The molecule has 1 fully saturated rings. The van der Waals surface area contributed by atoms with Crippen LogP contribution in [-0.2, 0) is 9.53 Å². The Hall–Kier alpha value is -0.870. The molecule has 0 saturated carbocycles. The van der Waals surface area contributed by atoms with Gasteiger partial charge < -0.3 is 15.4 Å². The van der Waals surface area contributed by atoms with Crippen LogP contribution in [0.4, 0.5) is 0 Å². The van der Waals surface area contributed by atoms with E-state index in [1.54, 1.807) is 6.08 Å². The molecule has 86 valence electrons. The maximum absolute atomic E-state index is 11.3. The fourth-order valence-corrected chi connectivity index (χ4v) is 1.53. The molecule has 4 heteroatoms. The smallest absolute Gasteiger partial charge is 0.221 e. The number of rotatable bonds is 7. The van der Waals surface area contributed by atoms with Crippen LogP contribution in [-0.4, -0.2) is 38.3 Å². The van der Waals surface area contributed by atoms with Crippen LogP contribution in [0.3, 0.4) is 0 Å². The van der Waals surface area contributed by atoms with Crippen molar-refractivity contribution < 1.29 is 9.53 Å². The zero-order valence-electron chi connectivity index (χ0n) is 9.13. The standard InChI is InChI=1S/C11H20N2O2/c1-2-6-12-7-5-11(14)13-9-10-4-3-8-15-10/h2,10,12H,1,3-9H2,(H,13,14). The number of carbonyl (C=O) groups is 1. The summed E-state index contributed by atoms with van der Waals surface area (Å²) in [7, 11) is 0. The quantitative estimate of drug-likeness (QED) is 0.476. The molecule has 1 aliphatic heterocycles. The van der Waals surface area contributed by atoms with Gasteiger partial charge in [0.15, 0.2) is 0 Å². The lowest BCUT2D eigenvalue weighted by Gasteiger charge is -2.10. The van der Waals surface area contributed by atoms with Gasteiger partial charge in [0, 0.05) is 32.7 Å². The van der Waals surface area contributed by atoms with Crippen molar-refractivity contribution in [3.05, 3.63) is 12.7 Å². The maximum Gasteiger partial charge on any atom is 0.221 e. The van der Waals surface area contributed by atoms with Gasteiger partial charge in [0.1, 0.15) is 0 Å². The molecule has 0 spiro atoms. The van der Waals surface area contributed by atoms with Gasteiger partial charge in [-0.3, -0.25) is 4.79 Å². The molecule has 4 nitrogen and oxygen atoms in total. The molecule has 0 radical (unpaired) electrons. The van der Waals surface area contributed by atoms with Crippen LogP contribution in [0.5, 0.6) is 0 Å². The first-order valence-electron chi connectivity index (χ1n) is 5.53. The lowest BCUT2D eigenvalue weighted by atomic mass is 10.2. The largest absolute Gasteiger partial charge is 0.376 e. The molecule has 1 heterocycles. The van der Waals surface area contributed by atoms with Crippen molar-refractivity contribution in [2.75, 3.05) is 26.2 Å². The summed E-state index contributed by atoms with van der Waals surface area (Å²) in [4.78, 5) is 11.3. The van der Waals surface area contributed by atoms with Crippen LogP contribution in [0.25, 0.3) is 0 Å². The van der Waals surface area contributed by atoms with Gasteiger partial charge in [-0.05, 0) is 12.8 Å². The van der Waals surface area contributed by atoms with E-state index >= 15 is 0 Å². The zero-order valence-corrected chi connectivity index (χ0v) is 9.13. The maximum atomic E-state index is 11.3. The molecule has 0 aliphatic carbocycles. The lowest BCUT2D eigenvalue weighted by Crippen LogP contribution is -2.33. The van der Waals surface area contributed by atoms with Crippen molar-refractivity contribution in [2.45, 2.75) is 25.4 Å². The molecule has 1 aliphatic rings. The van der Waals surface area contributed by atoms with Gasteiger partial charge in [0.05, 0.1) is 6.10 Å². The third kappa shape index (κ3) is 5.54. The number of amides is 1. The van der Waals surface area contributed by atoms with Crippen molar-refractivity contribution in [3.63, 3.8) is 0 Å². The van der Waals surface area contributed by atoms with Crippen LogP contribution < -0.4 is 10.6 Å². The topological polar surface area (TPSA) is 50.4 Å². The second kappa shape index (κ2) is 7.43. The molecular formula is C11H20N2O2. The summed E-state index contributed by atoms with van der Waals surface area (Å²) < 4.78 is 5.40. The molecule has 15 heavy (non-hydrogen) atoms. The summed E-state index contributed by atoms with van der Waals surface area (Å²) in [6.45, 7) is 6.52. The minimum absolute atomic E-state index is 0.0852. The first-order chi connectivity index (χ1) is 7.33. The van der Waals surface area contributed by atoms with Gasteiger partial charge in [-0.1, -0.05) is 6.08 Å². The molecule has 0 bridgehead atoms. The highest BCUT2D eigenvalue weighted by Crippen LogP contribution is 2.10. The minimum atomic E-state index is 0.0852. The van der Waals surface area contributed by atoms with E-state index in [1.807, 2.05) is 0 Å². The van der Waals surface area contributed by atoms with E-state index in [4.69, 9.17) is 4.74 Å². The van der Waals surface area contributed by atoms with Crippen LogP contribution in [0.2, 0.25) is 0 Å². The van der Waals surface area contributed by atoms with E-state index in [9.17, 15) is 4.79 Å². The summed E-state index contributed by atoms with van der Waals surface area (Å²) >= 11 is 0. The average Bonchev–Trinajstić information content (AvgIpc) is 2.74.